The Labute approximate surface area is 210 Å². The third kappa shape index (κ3) is 5.18. The van der Waals surface area contributed by atoms with Crippen LogP contribution in [0.3, 0.4) is 0 Å². The highest BCUT2D eigenvalue weighted by molar-refractivity contribution is 5.92. The molecule has 2 heterocycles. The van der Waals surface area contributed by atoms with E-state index in [-0.39, 0.29) is 43.8 Å². The molecule has 190 valence electrons. The van der Waals surface area contributed by atoms with E-state index >= 15 is 0 Å². The molecule has 2 fully saturated rings. The number of urea groups is 1. The van der Waals surface area contributed by atoms with Crippen molar-refractivity contribution in [3.63, 3.8) is 0 Å². The van der Waals surface area contributed by atoms with Gasteiger partial charge in [-0.05, 0) is 24.5 Å². The summed E-state index contributed by atoms with van der Waals surface area (Å²) in [7, 11) is 1.66. The number of hydrogen-bond donors (Lipinski definition) is 2. The average molecular weight is 494 g/mol. The minimum absolute atomic E-state index is 0.0302. The summed E-state index contributed by atoms with van der Waals surface area (Å²) in [6, 6.07) is 17.3. The van der Waals surface area contributed by atoms with Gasteiger partial charge in [-0.3, -0.25) is 14.4 Å². The number of carboxylic acids is 1. The largest absolute Gasteiger partial charge is 0.481 e. The van der Waals surface area contributed by atoms with Crippen molar-refractivity contribution in [3.8, 4) is 0 Å². The first-order chi connectivity index (χ1) is 17.3. The van der Waals surface area contributed by atoms with Crippen molar-refractivity contribution in [2.75, 3.05) is 20.1 Å². The van der Waals surface area contributed by atoms with Gasteiger partial charge in [-0.15, -0.1) is 0 Å². The fraction of sp³-hybridized carbons (Fsp3) is 0.385. The molecule has 2 aliphatic rings. The van der Waals surface area contributed by atoms with Gasteiger partial charge in [0.05, 0.1) is 19.1 Å². The molecule has 2 aliphatic heterocycles. The minimum atomic E-state index is -1.05. The van der Waals surface area contributed by atoms with Gasteiger partial charge in [-0.2, -0.15) is 0 Å². The number of benzene rings is 2. The van der Waals surface area contributed by atoms with Crippen molar-refractivity contribution in [3.05, 3.63) is 71.8 Å². The molecule has 4 rings (SSSR count). The molecular weight excluding hydrogens is 462 g/mol. The van der Waals surface area contributed by atoms with Crippen LogP contribution in [0.2, 0.25) is 0 Å². The Morgan fingerprint density at radius 3 is 2.33 bits per heavy atom. The molecule has 0 aliphatic carbocycles. The van der Waals surface area contributed by atoms with Gasteiger partial charge in [-0.1, -0.05) is 60.7 Å². The number of fused-ring (bicyclic) bond motifs is 1. The number of carbonyl (C=O) groups excluding carboxylic acids is 3. The second-order valence-corrected chi connectivity index (χ2v) is 9.11. The fourth-order valence-electron chi connectivity index (χ4n) is 4.92. The summed E-state index contributed by atoms with van der Waals surface area (Å²) < 4.78 is 0. The Morgan fingerprint density at radius 2 is 1.69 bits per heavy atom. The van der Waals surface area contributed by atoms with Crippen LogP contribution in [0.1, 0.15) is 36.9 Å². The smallest absolute Gasteiger partial charge is 0.334 e. The molecule has 2 aromatic carbocycles. The number of carboxylic acid groups (broad SMARTS) is 1. The van der Waals surface area contributed by atoms with Crippen molar-refractivity contribution < 1.29 is 24.3 Å². The molecule has 2 N–H and O–H groups in total. The number of rotatable bonds is 7. The van der Waals surface area contributed by atoms with E-state index in [1.807, 2.05) is 67.6 Å². The van der Waals surface area contributed by atoms with Gasteiger partial charge in [0, 0.05) is 20.0 Å². The van der Waals surface area contributed by atoms with E-state index in [9.17, 15) is 24.3 Å². The van der Waals surface area contributed by atoms with Crippen LogP contribution < -0.4 is 5.32 Å². The first-order valence-electron chi connectivity index (χ1n) is 12.0. The number of nitrogens with one attached hydrogen (secondary N) is 1. The number of likely N-dealkylation sites (N-methyl/N-ethyl adjacent to an activating group) is 1. The maximum Gasteiger partial charge on any atom is 0.334 e. The molecule has 10 nitrogen and oxygen atoms in total. The lowest BCUT2D eigenvalue weighted by atomic mass is 9.98. The maximum absolute atomic E-state index is 13.6. The molecule has 3 atom stereocenters. The van der Waals surface area contributed by atoms with Gasteiger partial charge >= 0.3 is 12.0 Å². The predicted molar refractivity (Wildman–Crippen MR) is 131 cm³/mol. The summed E-state index contributed by atoms with van der Waals surface area (Å²) in [6.45, 7) is 2.20. The van der Waals surface area contributed by atoms with Crippen molar-refractivity contribution in [2.24, 2.45) is 0 Å². The van der Waals surface area contributed by atoms with Crippen LogP contribution in [0.5, 0.6) is 0 Å². The van der Waals surface area contributed by atoms with E-state index in [0.717, 1.165) is 11.1 Å². The topological polar surface area (TPSA) is 114 Å². The lowest BCUT2D eigenvalue weighted by molar-refractivity contribution is -0.189. The molecule has 2 aromatic rings. The zero-order valence-corrected chi connectivity index (χ0v) is 20.4. The van der Waals surface area contributed by atoms with E-state index in [0.29, 0.717) is 6.54 Å². The Balaban J connectivity index is 1.64. The SMILES string of the molecule is C[C@@H](c1ccccc1)N1C[C@H]2N(C(=O)CN(C)N2C(=O)NCc2ccccc2)[C@@H](CCC(=O)O)C1=O. The van der Waals surface area contributed by atoms with Gasteiger partial charge in [0.1, 0.15) is 12.2 Å². The van der Waals surface area contributed by atoms with Gasteiger partial charge in [0.2, 0.25) is 11.8 Å². The zero-order valence-electron chi connectivity index (χ0n) is 20.4. The van der Waals surface area contributed by atoms with E-state index in [4.69, 9.17) is 0 Å². The van der Waals surface area contributed by atoms with Crippen LogP contribution >= 0.6 is 0 Å². The van der Waals surface area contributed by atoms with Crippen molar-refractivity contribution in [2.45, 2.75) is 44.6 Å². The lowest BCUT2D eigenvalue weighted by Crippen LogP contribution is -2.76. The highest BCUT2D eigenvalue weighted by atomic mass is 16.4. The Kier molecular flexibility index (Phi) is 7.54. The molecule has 0 saturated carbocycles. The standard InChI is InChI=1S/C26H31N5O5/c1-18(20-11-7-4-8-12-20)29-16-22-30(21(25(29)35)13-14-24(33)34)23(32)17-28(2)31(22)26(36)27-15-19-9-5-3-6-10-19/h3-12,18,21-22H,13-17H2,1-2H3,(H,27,36)(H,33,34)/t18-,21-,22-/m0/s1. The Morgan fingerprint density at radius 1 is 1.06 bits per heavy atom. The Bertz CT molecular complexity index is 1110. The quantitative estimate of drug-likeness (QED) is 0.610. The second-order valence-electron chi connectivity index (χ2n) is 9.11. The molecule has 36 heavy (non-hydrogen) atoms. The van der Waals surface area contributed by atoms with E-state index in [1.165, 1.54) is 9.91 Å². The number of hydrogen-bond acceptors (Lipinski definition) is 5. The summed E-state index contributed by atoms with van der Waals surface area (Å²) >= 11 is 0. The van der Waals surface area contributed by atoms with Crippen LogP contribution in [0, 0.1) is 0 Å². The highest BCUT2D eigenvalue weighted by Gasteiger charge is 2.51. The van der Waals surface area contributed by atoms with Crippen molar-refractivity contribution >= 4 is 23.8 Å². The third-order valence-electron chi connectivity index (χ3n) is 6.76. The summed E-state index contributed by atoms with van der Waals surface area (Å²) in [5, 5.41) is 15.2. The number of nitrogens with zero attached hydrogens (tertiary/aromatic N) is 4. The van der Waals surface area contributed by atoms with Crippen LogP contribution in [0.4, 0.5) is 4.79 Å². The molecule has 4 amide bonds. The van der Waals surface area contributed by atoms with Crippen LogP contribution in [0.25, 0.3) is 0 Å². The fourth-order valence-corrected chi connectivity index (χ4v) is 4.92. The van der Waals surface area contributed by atoms with Crippen molar-refractivity contribution in [1.29, 1.82) is 0 Å². The van der Waals surface area contributed by atoms with Crippen LogP contribution in [-0.2, 0) is 20.9 Å². The summed E-state index contributed by atoms with van der Waals surface area (Å²) in [5.41, 5.74) is 1.84. The summed E-state index contributed by atoms with van der Waals surface area (Å²) in [6.07, 6.45) is -1.07. The number of piperazine rings is 1. The first-order valence-corrected chi connectivity index (χ1v) is 12.0. The van der Waals surface area contributed by atoms with E-state index < -0.39 is 24.2 Å². The summed E-state index contributed by atoms with van der Waals surface area (Å²) in [4.78, 5) is 54.6. The van der Waals surface area contributed by atoms with Gasteiger partial charge < -0.3 is 20.2 Å². The Hall–Kier alpha value is -3.92. The predicted octanol–water partition coefficient (Wildman–Crippen LogP) is 2.05. The van der Waals surface area contributed by atoms with Crippen LogP contribution in [-0.4, -0.2) is 81.1 Å². The van der Waals surface area contributed by atoms with Gasteiger partial charge in [-0.25, -0.2) is 14.8 Å². The zero-order chi connectivity index (χ0) is 25.8. The third-order valence-corrected chi connectivity index (χ3v) is 6.76. The average Bonchev–Trinajstić information content (AvgIpc) is 2.87. The second kappa shape index (κ2) is 10.8. The number of aliphatic carboxylic acids is 1. The monoisotopic (exact) mass is 493 g/mol. The molecule has 2 saturated heterocycles. The molecule has 0 unspecified atom stereocenters. The molecule has 0 aromatic heterocycles. The van der Waals surface area contributed by atoms with Gasteiger partial charge in [0.15, 0.2) is 0 Å². The van der Waals surface area contributed by atoms with Crippen molar-refractivity contribution in [1.82, 2.24) is 25.1 Å². The molecular formula is C26H31N5O5. The minimum Gasteiger partial charge on any atom is -0.481 e. The highest BCUT2D eigenvalue weighted by Crippen LogP contribution is 2.32. The van der Waals surface area contributed by atoms with Crippen LogP contribution in [0.15, 0.2) is 60.7 Å². The van der Waals surface area contributed by atoms with E-state index in [2.05, 4.69) is 5.32 Å². The lowest BCUT2D eigenvalue weighted by Gasteiger charge is -2.55. The molecule has 10 heteroatoms. The molecule has 0 spiro atoms. The normalized spacial score (nSPS) is 21.2. The number of carbonyl (C=O) groups is 4. The maximum atomic E-state index is 13.6. The first kappa shape index (κ1) is 25.2. The van der Waals surface area contributed by atoms with E-state index in [1.54, 1.807) is 17.0 Å². The summed E-state index contributed by atoms with van der Waals surface area (Å²) in [5.74, 6) is -1.68. The number of amides is 4. The van der Waals surface area contributed by atoms with Gasteiger partial charge in [0.25, 0.3) is 0 Å². The molecule has 0 radical (unpaired) electrons. The molecule has 0 bridgehead atoms. The number of hydrazine groups is 1.